The van der Waals surface area contributed by atoms with E-state index in [4.69, 9.17) is 4.74 Å². The summed E-state index contributed by atoms with van der Waals surface area (Å²) in [6, 6.07) is 18.4. The van der Waals surface area contributed by atoms with E-state index in [2.05, 4.69) is 0 Å². The number of benzene rings is 2. The van der Waals surface area contributed by atoms with Gasteiger partial charge >= 0.3 is 11.7 Å². The molecule has 0 atom stereocenters. The molecule has 4 rings (SSSR count). The Labute approximate surface area is 203 Å². The molecule has 2 heterocycles. The van der Waals surface area contributed by atoms with Crippen LogP contribution in [0.25, 0.3) is 10.2 Å². The number of ether oxygens (including phenoxy) is 1. The van der Waals surface area contributed by atoms with Gasteiger partial charge in [-0.15, -0.1) is 16.5 Å². The molecule has 1 amide bonds. The summed E-state index contributed by atoms with van der Waals surface area (Å²) in [5.74, 6) is -1.37. The first-order valence-electron chi connectivity index (χ1n) is 10.8. The van der Waals surface area contributed by atoms with Gasteiger partial charge in [0.25, 0.3) is 11.5 Å². The Kier molecular flexibility index (Phi) is 7.21. The number of thiophene rings is 1. The highest BCUT2D eigenvalue weighted by atomic mass is 32.1. The highest BCUT2D eigenvalue weighted by Gasteiger charge is 2.20. The second kappa shape index (κ2) is 10.5. The van der Waals surface area contributed by atoms with Gasteiger partial charge in [-0.3, -0.25) is 18.7 Å². The van der Waals surface area contributed by atoms with Gasteiger partial charge in [-0.1, -0.05) is 53.0 Å². The van der Waals surface area contributed by atoms with Gasteiger partial charge in [0.15, 0.2) is 0 Å². The second-order valence-corrected chi connectivity index (χ2v) is 8.83. The fourth-order valence-corrected chi connectivity index (χ4v) is 4.56. The molecule has 180 valence electrons. The summed E-state index contributed by atoms with van der Waals surface area (Å²) in [5, 5.41) is 0.252. The Morgan fingerprint density at radius 1 is 1.03 bits per heavy atom. The quantitative estimate of drug-likeness (QED) is 0.274. The Hall–Kier alpha value is -4.05. The summed E-state index contributed by atoms with van der Waals surface area (Å²) in [6.07, 6.45) is -0.109. The molecule has 0 saturated heterocycles. The second-order valence-electron chi connectivity index (χ2n) is 7.80. The average molecular weight is 496 g/mol. The number of hydrogen-bond acceptors (Lipinski definition) is 6. The van der Waals surface area contributed by atoms with Crippen LogP contribution in [0.2, 0.25) is 0 Å². The van der Waals surface area contributed by atoms with Crippen LogP contribution in [0.1, 0.15) is 28.1 Å². The molecule has 0 radical (unpaired) electrons. The maximum atomic E-state index is 14.2. The molecule has 0 spiro atoms. The van der Waals surface area contributed by atoms with Crippen molar-refractivity contribution in [3.8, 4) is 0 Å². The van der Waals surface area contributed by atoms with Crippen LogP contribution in [0.5, 0.6) is 0 Å². The van der Waals surface area contributed by atoms with E-state index in [1.54, 1.807) is 18.2 Å². The maximum Gasteiger partial charge on any atom is 0.348 e. The van der Waals surface area contributed by atoms with Gasteiger partial charge in [-0.2, -0.15) is 0 Å². The molecule has 8 nitrogen and oxygen atoms in total. The number of para-hydroxylation sites is 1. The van der Waals surface area contributed by atoms with Crippen LogP contribution < -0.4 is 16.4 Å². The molecule has 2 aromatic carbocycles. The molecule has 0 unspecified atom stereocenters. The molecule has 0 aliphatic heterocycles. The number of carbonyl (C=O) groups is 2. The van der Waals surface area contributed by atoms with Crippen LogP contribution in [-0.2, 0) is 29.7 Å². The van der Waals surface area contributed by atoms with Crippen molar-refractivity contribution in [2.45, 2.75) is 26.0 Å². The Morgan fingerprint density at radius 2 is 1.69 bits per heavy atom. The SMILES string of the molecule is Cn1c(=O)n(CCCC(=O)N(F)c2ccccc2)c(=O)c2cc(C(=O)OCc3ccccc3)sc21. The molecule has 0 aliphatic rings. The van der Waals surface area contributed by atoms with Gasteiger partial charge in [0.2, 0.25) is 0 Å². The number of aromatic nitrogens is 2. The zero-order chi connectivity index (χ0) is 24.9. The van der Waals surface area contributed by atoms with Crippen molar-refractivity contribution in [1.82, 2.24) is 9.13 Å². The van der Waals surface area contributed by atoms with Crippen LogP contribution in [0.4, 0.5) is 10.2 Å². The van der Waals surface area contributed by atoms with Gasteiger partial charge in [0.05, 0.1) is 11.1 Å². The number of rotatable bonds is 8. The molecule has 2 aromatic heterocycles. The first-order valence-corrected chi connectivity index (χ1v) is 11.7. The minimum atomic E-state index is -0.777. The summed E-state index contributed by atoms with van der Waals surface area (Å²) < 4.78 is 21.8. The van der Waals surface area contributed by atoms with Crippen molar-refractivity contribution in [2.24, 2.45) is 7.05 Å². The summed E-state index contributed by atoms with van der Waals surface area (Å²) in [7, 11) is 1.50. The summed E-state index contributed by atoms with van der Waals surface area (Å²) in [5.41, 5.74) is -0.224. The number of hydrogen-bond donors (Lipinski definition) is 0. The lowest BCUT2D eigenvalue weighted by Gasteiger charge is -2.12. The summed E-state index contributed by atoms with van der Waals surface area (Å²) in [4.78, 5) is 51.0. The molecular weight excluding hydrogens is 473 g/mol. The molecule has 0 saturated carbocycles. The zero-order valence-corrected chi connectivity index (χ0v) is 19.7. The lowest BCUT2D eigenvalue weighted by Crippen LogP contribution is -2.38. The Bertz CT molecular complexity index is 1480. The lowest BCUT2D eigenvalue weighted by molar-refractivity contribution is -0.121. The number of halogens is 1. The number of fused-ring (bicyclic) bond motifs is 1. The molecule has 0 aliphatic carbocycles. The third-order valence-electron chi connectivity index (χ3n) is 5.40. The monoisotopic (exact) mass is 495 g/mol. The topological polar surface area (TPSA) is 90.6 Å². The van der Waals surface area contributed by atoms with Crippen molar-refractivity contribution < 1.29 is 18.8 Å². The largest absolute Gasteiger partial charge is 0.457 e. The highest BCUT2D eigenvalue weighted by Crippen LogP contribution is 2.23. The Balaban J connectivity index is 1.48. The number of carbonyl (C=O) groups excluding carboxylic acids is 2. The van der Waals surface area contributed by atoms with Gasteiger partial charge < -0.3 is 4.74 Å². The molecule has 35 heavy (non-hydrogen) atoms. The molecule has 4 aromatic rings. The maximum absolute atomic E-state index is 14.2. The standard InChI is InChI=1S/C25H22FN3O5S/c1-27-23-19(15-20(35-23)24(32)34-16-17-9-4-2-5-10-17)22(31)28(25(27)33)14-8-13-21(30)29(26)18-11-6-3-7-12-18/h2-7,9-12,15H,8,13-14,16H2,1H3. The van der Waals surface area contributed by atoms with E-state index in [0.29, 0.717) is 4.83 Å². The van der Waals surface area contributed by atoms with Gasteiger partial charge in [-0.25, -0.2) is 9.59 Å². The highest BCUT2D eigenvalue weighted by molar-refractivity contribution is 7.20. The minimum Gasteiger partial charge on any atom is -0.457 e. The van der Waals surface area contributed by atoms with E-state index in [9.17, 15) is 23.7 Å². The number of aryl methyl sites for hydroxylation is 1. The van der Waals surface area contributed by atoms with E-state index in [-0.39, 0.29) is 47.1 Å². The summed E-state index contributed by atoms with van der Waals surface area (Å²) >= 11 is 0.999. The van der Waals surface area contributed by atoms with Crippen molar-refractivity contribution in [2.75, 3.05) is 5.12 Å². The zero-order valence-electron chi connectivity index (χ0n) is 18.8. The predicted molar refractivity (Wildman–Crippen MR) is 131 cm³/mol. The molecule has 0 fully saturated rings. The number of amides is 1. The van der Waals surface area contributed by atoms with Crippen LogP contribution >= 0.6 is 11.3 Å². The molecular formula is C25H22FN3O5S. The van der Waals surface area contributed by atoms with Crippen molar-refractivity contribution in [3.63, 3.8) is 0 Å². The van der Waals surface area contributed by atoms with E-state index >= 15 is 0 Å². The van der Waals surface area contributed by atoms with E-state index < -0.39 is 23.1 Å². The van der Waals surface area contributed by atoms with Gasteiger partial charge in [-0.05, 0) is 30.2 Å². The molecule has 0 N–H and O–H groups in total. The predicted octanol–water partition coefficient (Wildman–Crippen LogP) is 3.82. The number of esters is 1. The van der Waals surface area contributed by atoms with E-state index in [1.165, 1.54) is 29.8 Å². The van der Waals surface area contributed by atoms with Gasteiger partial charge in [0, 0.05) is 20.0 Å². The summed E-state index contributed by atoms with van der Waals surface area (Å²) in [6.45, 7) is 0.0130. The third-order valence-corrected chi connectivity index (χ3v) is 6.59. The smallest absolute Gasteiger partial charge is 0.348 e. The number of anilines is 1. The normalized spacial score (nSPS) is 10.9. The fourth-order valence-electron chi connectivity index (χ4n) is 3.57. The first kappa shape index (κ1) is 24.1. The molecule has 0 bridgehead atoms. The van der Waals surface area contributed by atoms with E-state index in [0.717, 1.165) is 21.5 Å². The lowest BCUT2D eigenvalue weighted by atomic mass is 10.2. The Morgan fingerprint density at radius 3 is 2.37 bits per heavy atom. The third kappa shape index (κ3) is 5.22. The van der Waals surface area contributed by atoms with Crippen LogP contribution in [0.3, 0.4) is 0 Å². The van der Waals surface area contributed by atoms with Crippen LogP contribution in [0.15, 0.2) is 76.3 Å². The minimum absolute atomic E-state index is 0.0519. The van der Waals surface area contributed by atoms with Crippen molar-refractivity contribution in [1.29, 1.82) is 0 Å². The first-order chi connectivity index (χ1) is 16.9. The average Bonchev–Trinajstić information content (AvgIpc) is 3.34. The fraction of sp³-hybridized carbons (Fsp3) is 0.200. The van der Waals surface area contributed by atoms with Gasteiger partial charge in [0.1, 0.15) is 16.3 Å². The van der Waals surface area contributed by atoms with Crippen LogP contribution in [0, 0.1) is 0 Å². The number of nitrogens with zero attached hydrogens (tertiary/aromatic N) is 3. The van der Waals surface area contributed by atoms with Crippen molar-refractivity contribution >= 4 is 39.1 Å². The van der Waals surface area contributed by atoms with E-state index in [1.807, 2.05) is 30.3 Å². The molecule has 10 heteroatoms. The van der Waals surface area contributed by atoms with Crippen molar-refractivity contribution in [3.05, 3.63) is 98.0 Å². The van der Waals surface area contributed by atoms with Crippen LogP contribution in [-0.4, -0.2) is 21.0 Å².